The Balaban J connectivity index is 1.62. The van der Waals surface area contributed by atoms with Crippen LogP contribution in [0.1, 0.15) is 22.3 Å². The van der Waals surface area contributed by atoms with Crippen LogP contribution in [0.4, 0.5) is 0 Å². The minimum atomic E-state index is -1.01. The van der Waals surface area contributed by atoms with Crippen molar-refractivity contribution in [2.45, 2.75) is 18.9 Å². The molecule has 1 aromatic heterocycles. The van der Waals surface area contributed by atoms with E-state index in [4.69, 9.17) is 4.74 Å². The summed E-state index contributed by atoms with van der Waals surface area (Å²) in [5, 5.41) is 10.7. The van der Waals surface area contributed by atoms with Gasteiger partial charge in [0.25, 0.3) is 5.91 Å². The number of hydrogen-bond donors (Lipinski definition) is 1. The Morgan fingerprint density at radius 1 is 1.30 bits per heavy atom. The van der Waals surface area contributed by atoms with Crippen molar-refractivity contribution in [2.75, 3.05) is 19.7 Å². The molecule has 0 aliphatic carbocycles. The van der Waals surface area contributed by atoms with Gasteiger partial charge < -0.3 is 14.7 Å². The van der Waals surface area contributed by atoms with E-state index in [1.165, 1.54) is 0 Å². The van der Waals surface area contributed by atoms with E-state index in [1.807, 2.05) is 31.2 Å². The molecule has 5 heteroatoms. The van der Waals surface area contributed by atoms with Crippen LogP contribution in [0, 0.1) is 6.92 Å². The second-order valence-corrected chi connectivity index (χ2v) is 5.99. The van der Waals surface area contributed by atoms with Gasteiger partial charge in [-0.15, -0.1) is 0 Å². The molecule has 2 heterocycles. The number of aromatic nitrogens is 1. The molecule has 1 amide bonds. The third-order valence-corrected chi connectivity index (χ3v) is 4.14. The number of nitrogens with zero attached hydrogens (tertiary/aromatic N) is 2. The summed E-state index contributed by atoms with van der Waals surface area (Å²) in [4.78, 5) is 18.0. The third-order valence-electron chi connectivity index (χ3n) is 4.14. The first kappa shape index (κ1) is 15.5. The molecule has 0 radical (unpaired) electrons. The predicted molar refractivity (Wildman–Crippen MR) is 86.4 cm³/mol. The summed E-state index contributed by atoms with van der Waals surface area (Å²) >= 11 is 0. The van der Waals surface area contributed by atoms with E-state index in [0.717, 1.165) is 11.3 Å². The zero-order valence-electron chi connectivity index (χ0n) is 13.1. The van der Waals surface area contributed by atoms with Crippen LogP contribution in [0.3, 0.4) is 0 Å². The fraction of sp³-hybridized carbons (Fsp3) is 0.333. The van der Waals surface area contributed by atoms with Gasteiger partial charge in [-0.25, -0.2) is 0 Å². The van der Waals surface area contributed by atoms with Crippen molar-refractivity contribution < 1.29 is 14.6 Å². The number of ether oxygens (including phenoxy) is 1. The molecule has 120 valence electrons. The summed E-state index contributed by atoms with van der Waals surface area (Å²) in [6.45, 7) is 2.94. The molecule has 0 saturated carbocycles. The van der Waals surface area contributed by atoms with Crippen molar-refractivity contribution in [3.05, 3.63) is 59.9 Å². The van der Waals surface area contributed by atoms with Gasteiger partial charge in [0.2, 0.25) is 0 Å². The molecular weight excluding hydrogens is 292 g/mol. The Morgan fingerprint density at radius 3 is 2.78 bits per heavy atom. The van der Waals surface area contributed by atoms with Crippen LogP contribution >= 0.6 is 0 Å². The molecule has 3 rings (SSSR count). The normalized spacial score (nSPS) is 20.5. The number of aryl methyl sites for hydroxylation is 1. The van der Waals surface area contributed by atoms with Gasteiger partial charge in [-0.3, -0.25) is 9.78 Å². The molecule has 0 spiro atoms. The Morgan fingerprint density at radius 2 is 2.04 bits per heavy atom. The molecule has 0 bridgehead atoms. The van der Waals surface area contributed by atoms with Gasteiger partial charge in [0.15, 0.2) is 0 Å². The molecule has 1 aliphatic rings. The van der Waals surface area contributed by atoms with Crippen molar-refractivity contribution >= 4 is 5.91 Å². The fourth-order valence-electron chi connectivity index (χ4n) is 2.76. The monoisotopic (exact) mass is 312 g/mol. The highest BCUT2D eigenvalue weighted by molar-refractivity contribution is 5.94. The maximum atomic E-state index is 12.4. The van der Waals surface area contributed by atoms with Crippen LogP contribution in [-0.4, -0.2) is 46.2 Å². The van der Waals surface area contributed by atoms with Gasteiger partial charge >= 0.3 is 0 Å². The summed E-state index contributed by atoms with van der Waals surface area (Å²) in [6.07, 6.45) is 3.70. The number of para-hydroxylation sites is 1. The molecular formula is C18H20N2O3. The molecule has 1 atom stereocenters. The SMILES string of the molecule is Cc1ccccc1OCC1(O)CCN(C(=O)c2ccncc2)C1. The van der Waals surface area contributed by atoms with Gasteiger partial charge in [0, 0.05) is 24.5 Å². The molecule has 1 saturated heterocycles. The first-order valence-corrected chi connectivity index (χ1v) is 7.68. The summed E-state index contributed by atoms with van der Waals surface area (Å²) in [7, 11) is 0. The Hall–Kier alpha value is -2.40. The minimum Gasteiger partial charge on any atom is -0.490 e. The van der Waals surface area contributed by atoms with Gasteiger partial charge in [-0.1, -0.05) is 18.2 Å². The first-order chi connectivity index (χ1) is 11.1. The highest BCUT2D eigenvalue weighted by atomic mass is 16.5. The average Bonchev–Trinajstić information content (AvgIpc) is 2.97. The number of carbonyl (C=O) groups excluding carboxylic acids is 1. The number of likely N-dealkylation sites (tertiary alicyclic amines) is 1. The predicted octanol–water partition coefficient (Wildman–Crippen LogP) is 2.05. The lowest BCUT2D eigenvalue weighted by atomic mass is 10.1. The van der Waals surface area contributed by atoms with Crippen LogP contribution in [0.25, 0.3) is 0 Å². The topological polar surface area (TPSA) is 62.7 Å². The second-order valence-electron chi connectivity index (χ2n) is 5.99. The summed E-state index contributed by atoms with van der Waals surface area (Å²) < 4.78 is 5.76. The molecule has 1 fully saturated rings. The Kier molecular flexibility index (Phi) is 4.30. The minimum absolute atomic E-state index is 0.0841. The number of pyridine rings is 1. The number of rotatable bonds is 4. The van der Waals surface area contributed by atoms with E-state index in [9.17, 15) is 9.90 Å². The number of amides is 1. The van der Waals surface area contributed by atoms with Crippen LogP contribution in [0.5, 0.6) is 5.75 Å². The quantitative estimate of drug-likeness (QED) is 0.938. The van der Waals surface area contributed by atoms with E-state index in [2.05, 4.69) is 4.98 Å². The van der Waals surface area contributed by atoms with Gasteiger partial charge in [0.05, 0.1) is 6.54 Å². The van der Waals surface area contributed by atoms with E-state index < -0.39 is 5.60 Å². The number of aliphatic hydroxyl groups is 1. The largest absolute Gasteiger partial charge is 0.490 e. The number of hydrogen-bond acceptors (Lipinski definition) is 4. The second kappa shape index (κ2) is 6.38. The van der Waals surface area contributed by atoms with Crippen molar-refractivity contribution in [1.82, 2.24) is 9.88 Å². The summed E-state index contributed by atoms with van der Waals surface area (Å²) in [5.41, 5.74) is 0.605. The summed E-state index contributed by atoms with van der Waals surface area (Å²) in [5.74, 6) is 0.680. The summed E-state index contributed by atoms with van der Waals surface area (Å²) in [6, 6.07) is 11.1. The fourth-order valence-corrected chi connectivity index (χ4v) is 2.76. The number of benzene rings is 1. The molecule has 5 nitrogen and oxygen atoms in total. The lowest BCUT2D eigenvalue weighted by molar-refractivity contribution is 0.00413. The van der Waals surface area contributed by atoms with E-state index in [-0.39, 0.29) is 19.1 Å². The highest BCUT2D eigenvalue weighted by Gasteiger charge is 2.39. The molecule has 2 aromatic rings. The van der Waals surface area contributed by atoms with Gasteiger partial charge in [-0.2, -0.15) is 0 Å². The lowest BCUT2D eigenvalue weighted by Gasteiger charge is -2.24. The van der Waals surface area contributed by atoms with Crippen molar-refractivity contribution in [1.29, 1.82) is 0 Å². The lowest BCUT2D eigenvalue weighted by Crippen LogP contribution is -2.40. The Labute approximate surface area is 135 Å². The standard InChI is InChI=1S/C18H20N2O3/c1-14-4-2-3-5-16(14)23-13-18(22)8-11-20(12-18)17(21)15-6-9-19-10-7-15/h2-7,9-10,22H,8,11-13H2,1H3. The van der Waals surface area contributed by atoms with E-state index >= 15 is 0 Å². The van der Waals surface area contributed by atoms with E-state index in [0.29, 0.717) is 18.5 Å². The van der Waals surface area contributed by atoms with Crippen molar-refractivity contribution in [2.24, 2.45) is 0 Å². The smallest absolute Gasteiger partial charge is 0.254 e. The van der Waals surface area contributed by atoms with E-state index in [1.54, 1.807) is 29.4 Å². The maximum absolute atomic E-state index is 12.4. The van der Waals surface area contributed by atoms with Crippen molar-refractivity contribution in [3.8, 4) is 5.75 Å². The zero-order chi connectivity index (χ0) is 16.3. The van der Waals surface area contributed by atoms with Crippen LogP contribution in [-0.2, 0) is 0 Å². The molecule has 1 aromatic carbocycles. The zero-order valence-corrected chi connectivity index (χ0v) is 13.1. The van der Waals surface area contributed by atoms with Crippen LogP contribution in [0.15, 0.2) is 48.8 Å². The third kappa shape index (κ3) is 3.51. The van der Waals surface area contributed by atoms with Crippen LogP contribution < -0.4 is 4.74 Å². The molecule has 1 aliphatic heterocycles. The number of β-amino-alcohol motifs (C(OH)–C–C–N with tert-alkyl or cyclic N) is 1. The first-order valence-electron chi connectivity index (χ1n) is 7.68. The van der Waals surface area contributed by atoms with Crippen LogP contribution in [0.2, 0.25) is 0 Å². The average molecular weight is 312 g/mol. The molecule has 1 unspecified atom stereocenters. The van der Waals surface area contributed by atoms with Crippen molar-refractivity contribution in [3.63, 3.8) is 0 Å². The maximum Gasteiger partial charge on any atom is 0.254 e. The van der Waals surface area contributed by atoms with Gasteiger partial charge in [0.1, 0.15) is 18.0 Å². The molecule has 1 N–H and O–H groups in total. The number of carbonyl (C=O) groups is 1. The van der Waals surface area contributed by atoms with Gasteiger partial charge in [-0.05, 0) is 37.1 Å². The highest BCUT2D eigenvalue weighted by Crippen LogP contribution is 2.25. The molecule has 23 heavy (non-hydrogen) atoms. The Bertz CT molecular complexity index is 690.